The van der Waals surface area contributed by atoms with E-state index in [9.17, 15) is 9.50 Å². The Labute approximate surface area is 121 Å². The van der Waals surface area contributed by atoms with Gasteiger partial charge in [-0.2, -0.15) is 0 Å². The molecule has 1 N–H and O–H groups in total. The fourth-order valence-corrected chi connectivity index (χ4v) is 2.45. The maximum Gasteiger partial charge on any atom is 0.129 e. The number of hydrogen-bond donors (Lipinski definition) is 1. The third-order valence-corrected chi connectivity index (χ3v) is 3.60. The van der Waals surface area contributed by atoms with E-state index in [1.54, 1.807) is 12.1 Å². The summed E-state index contributed by atoms with van der Waals surface area (Å²) in [5.41, 5.74) is 1.60. The summed E-state index contributed by atoms with van der Waals surface area (Å²) in [6, 6.07) is 14.8. The smallest absolute Gasteiger partial charge is 0.129 e. The first-order valence-electron chi connectivity index (χ1n) is 6.34. The standard InChI is InChI=1S/C16H16BrFO/c17-13-9-10-15(18)14(11-13)16(19)8-4-7-12-5-2-1-3-6-12/h1-3,5-6,9-11,16,19H,4,7-8H2. The molecule has 3 heteroatoms. The van der Waals surface area contributed by atoms with Crippen LogP contribution >= 0.6 is 15.9 Å². The fourth-order valence-electron chi connectivity index (χ4n) is 2.07. The molecule has 1 atom stereocenters. The molecular formula is C16H16BrFO. The monoisotopic (exact) mass is 322 g/mol. The normalized spacial score (nSPS) is 12.4. The van der Waals surface area contributed by atoms with Gasteiger partial charge in [-0.15, -0.1) is 0 Å². The lowest BCUT2D eigenvalue weighted by atomic mass is 10.0. The van der Waals surface area contributed by atoms with Crippen LogP contribution in [0.4, 0.5) is 4.39 Å². The second kappa shape index (κ2) is 6.83. The minimum atomic E-state index is -0.749. The van der Waals surface area contributed by atoms with Gasteiger partial charge in [-0.1, -0.05) is 46.3 Å². The summed E-state index contributed by atoms with van der Waals surface area (Å²) >= 11 is 3.29. The lowest BCUT2D eigenvalue weighted by molar-refractivity contribution is 0.160. The third-order valence-electron chi connectivity index (χ3n) is 3.10. The molecular weight excluding hydrogens is 307 g/mol. The summed E-state index contributed by atoms with van der Waals surface area (Å²) in [6.45, 7) is 0. The highest BCUT2D eigenvalue weighted by Gasteiger charge is 2.12. The molecule has 2 aromatic carbocycles. The lowest BCUT2D eigenvalue weighted by Gasteiger charge is -2.12. The van der Waals surface area contributed by atoms with Crippen molar-refractivity contribution in [3.05, 3.63) is 69.9 Å². The average molecular weight is 323 g/mol. The summed E-state index contributed by atoms with van der Waals surface area (Å²) in [5.74, 6) is -0.351. The summed E-state index contributed by atoms with van der Waals surface area (Å²) in [6.07, 6.45) is 1.54. The Hall–Kier alpha value is -1.19. The van der Waals surface area contributed by atoms with E-state index in [1.165, 1.54) is 11.6 Å². The maximum absolute atomic E-state index is 13.6. The molecule has 0 heterocycles. The van der Waals surface area contributed by atoms with E-state index in [0.29, 0.717) is 12.0 Å². The van der Waals surface area contributed by atoms with Crippen LogP contribution in [-0.2, 0) is 6.42 Å². The molecule has 0 aliphatic heterocycles. The van der Waals surface area contributed by atoms with Gasteiger partial charge < -0.3 is 5.11 Å². The van der Waals surface area contributed by atoms with E-state index >= 15 is 0 Å². The molecule has 2 rings (SSSR count). The van der Waals surface area contributed by atoms with E-state index in [0.717, 1.165) is 17.3 Å². The van der Waals surface area contributed by atoms with Crippen LogP contribution in [0.2, 0.25) is 0 Å². The Morgan fingerprint density at radius 2 is 1.84 bits per heavy atom. The van der Waals surface area contributed by atoms with Gasteiger partial charge >= 0.3 is 0 Å². The highest BCUT2D eigenvalue weighted by Crippen LogP contribution is 2.25. The molecule has 0 saturated carbocycles. The number of aliphatic hydroxyl groups is 1. The highest BCUT2D eigenvalue weighted by atomic mass is 79.9. The van der Waals surface area contributed by atoms with Gasteiger partial charge in [0, 0.05) is 10.0 Å². The Kier molecular flexibility index (Phi) is 5.11. The van der Waals surface area contributed by atoms with Crippen LogP contribution in [0.5, 0.6) is 0 Å². The first-order chi connectivity index (χ1) is 9.16. The van der Waals surface area contributed by atoms with Crippen molar-refractivity contribution in [1.82, 2.24) is 0 Å². The molecule has 2 aromatic rings. The quantitative estimate of drug-likeness (QED) is 0.849. The summed E-state index contributed by atoms with van der Waals surface area (Å²) < 4.78 is 14.4. The van der Waals surface area contributed by atoms with Gasteiger partial charge in [0.1, 0.15) is 5.82 Å². The topological polar surface area (TPSA) is 20.2 Å². The molecule has 0 amide bonds. The van der Waals surface area contributed by atoms with Crippen LogP contribution in [0.3, 0.4) is 0 Å². The van der Waals surface area contributed by atoms with Gasteiger partial charge in [0.25, 0.3) is 0 Å². The minimum absolute atomic E-state index is 0.351. The number of benzene rings is 2. The predicted molar refractivity (Wildman–Crippen MR) is 78.4 cm³/mol. The van der Waals surface area contributed by atoms with Crippen molar-refractivity contribution in [2.24, 2.45) is 0 Å². The van der Waals surface area contributed by atoms with Crippen LogP contribution in [0.1, 0.15) is 30.1 Å². The second-order valence-corrected chi connectivity index (χ2v) is 5.48. The van der Waals surface area contributed by atoms with Gasteiger partial charge in [-0.25, -0.2) is 4.39 Å². The van der Waals surface area contributed by atoms with Crippen molar-refractivity contribution < 1.29 is 9.50 Å². The lowest BCUT2D eigenvalue weighted by Crippen LogP contribution is -2.01. The number of halogens is 2. The third kappa shape index (κ3) is 4.15. The zero-order valence-electron chi connectivity index (χ0n) is 10.5. The van der Waals surface area contributed by atoms with Crippen LogP contribution in [0, 0.1) is 5.82 Å². The molecule has 0 saturated heterocycles. The SMILES string of the molecule is OC(CCCc1ccccc1)c1cc(Br)ccc1F. The number of aryl methyl sites for hydroxylation is 1. The van der Waals surface area contributed by atoms with Crippen molar-refractivity contribution in [2.75, 3.05) is 0 Å². The Balaban J connectivity index is 1.91. The van der Waals surface area contributed by atoms with Crippen molar-refractivity contribution in [2.45, 2.75) is 25.4 Å². The molecule has 0 radical (unpaired) electrons. The largest absolute Gasteiger partial charge is 0.388 e. The zero-order valence-corrected chi connectivity index (χ0v) is 12.1. The van der Waals surface area contributed by atoms with Crippen LogP contribution in [-0.4, -0.2) is 5.11 Å². The zero-order chi connectivity index (χ0) is 13.7. The second-order valence-electron chi connectivity index (χ2n) is 4.56. The predicted octanol–water partition coefficient (Wildman–Crippen LogP) is 4.64. The van der Waals surface area contributed by atoms with E-state index in [4.69, 9.17) is 0 Å². The summed E-state index contributed by atoms with van der Waals surface area (Å²) in [4.78, 5) is 0. The molecule has 0 aromatic heterocycles. The van der Waals surface area contributed by atoms with Crippen LogP contribution in [0.25, 0.3) is 0 Å². The Morgan fingerprint density at radius 3 is 2.58 bits per heavy atom. The average Bonchev–Trinajstić information content (AvgIpc) is 2.42. The molecule has 1 unspecified atom stereocenters. The van der Waals surface area contributed by atoms with Gasteiger partial charge in [0.2, 0.25) is 0 Å². The highest BCUT2D eigenvalue weighted by molar-refractivity contribution is 9.10. The van der Waals surface area contributed by atoms with Crippen LogP contribution < -0.4 is 0 Å². The van der Waals surface area contributed by atoms with Crippen molar-refractivity contribution in [3.63, 3.8) is 0 Å². The van der Waals surface area contributed by atoms with Gasteiger partial charge in [0.05, 0.1) is 6.10 Å². The van der Waals surface area contributed by atoms with Crippen molar-refractivity contribution in [3.8, 4) is 0 Å². The molecule has 100 valence electrons. The number of rotatable bonds is 5. The maximum atomic E-state index is 13.6. The number of aliphatic hydroxyl groups excluding tert-OH is 1. The van der Waals surface area contributed by atoms with Gasteiger partial charge in [-0.05, 0) is 43.0 Å². The molecule has 1 nitrogen and oxygen atoms in total. The van der Waals surface area contributed by atoms with Gasteiger partial charge in [-0.3, -0.25) is 0 Å². The van der Waals surface area contributed by atoms with Crippen molar-refractivity contribution >= 4 is 15.9 Å². The summed E-state index contributed by atoms with van der Waals surface area (Å²) in [7, 11) is 0. The molecule has 0 aliphatic carbocycles. The van der Waals surface area contributed by atoms with Crippen LogP contribution in [0.15, 0.2) is 53.0 Å². The molecule has 0 aliphatic rings. The summed E-state index contributed by atoms with van der Waals surface area (Å²) in [5, 5.41) is 10.0. The molecule has 19 heavy (non-hydrogen) atoms. The molecule has 0 bridgehead atoms. The minimum Gasteiger partial charge on any atom is -0.388 e. The molecule has 0 fully saturated rings. The van der Waals surface area contributed by atoms with Gasteiger partial charge in [0.15, 0.2) is 0 Å². The number of hydrogen-bond acceptors (Lipinski definition) is 1. The van der Waals surface area contributed by atoms with E-state index in [1.807, 2.05) is 18.2 Å². The van der Waals surface area contributed by atoms with Crippen molar-refractivity contribution in [1.29, 1.82) is 0 Å². The van der Waals surface area contributed by atoms with E-state index in [-0.39, 0.29) is 5.82 Å². The fraction of sp³-hybridized carbons (Fsp3) is 0.250. The Bertz CT molecular complexity index is 528. The first kappa shape index (κ1) is 14.2. The van der Waals surface area contributed by atoms with E-state index in [2.05, 4.69) is 28.1 Å². The molecule has 0 spiro atoms. The first-order valence-corrected chi connectivity index (χ1v) is 7.13. The Morgan fingerprint density at radius 1 is 1.11 bits per heavy atom. The van der Waals surface area contributed by atoms with E-state index < -0.39 is 6.10 Å².